The van der Waals surface area contributed by atoms with Crippen molar-refractivity contribution in [1.82, 2.24) is 0 Å². The number of hydrogen-bond acceptors (Lipinski definition) is 1. The Morgan fingerprint density at radius 2 is 2.57 bits per heavy atom. The Balaban J connectivity index is 3.47. The fourth-order valence-corrected chi connectivity index (χ4v) is 0.612. The summed E-state index contributed by atoms with van der Waals surface area (Å²) in [6.45, 7) is 7.96. The third kappa shape index (κ3) is 4.22. The average molecular weight is 112 g/mol. The summed E-state index contributed by atoms with van der Waals surface area (Å²) in [5.41, 5.74) is 0. The van der Waals surface area contributed by atoms with Crippen LogP contribution < -0.4 is 0 Å². The molecule has 0 spiro atoms. The predicted octanol–water partition coefficient (Wildman–Crippen LogP) is -0.542. The molecule has 0 saturated heterocycles. The van der Waals surface area contributed by atoms with Crippen LogP contribution in [0.15, 0.2) is 0 Å². The molecule has 0 rings (SSSR count). The quantitative estimate of drug-likeness (QED) is 0.413. The third-order valence-corrected chi connectivity index (χ3v) is 1.46. The zero-order valence-electron chi connectivity index (χ0n) is 4.68. The second-order valence-electron chi connectivity index (χ2n) is 0.971. The van der Waals surface area contributed by atoms with Gasteiger partial charge in [-0.15, -0.1) is 0 Å². The van der Waals surface area contributed by atoms with Crippen molar-refractivity contribution in [3.8, 4) is 0 Å². The van der Waals surface area contributed by atoms with Gasteiger partial charge >= 0.3 is 47.9 Å². The Kier molecular flexibility index (Phi) is 4.77. The van der Waals surface area contributed by atoms with Gasteiger partial charge in [-0.1, -0.05) is 0 Å². The summed E-state index contributed by atoms with van der Waals surface area (Å²) in [7, 11) is 1.49. The van der Waals surface area contributed by atoms with Gasteiger partial charge in [0.25, 0.3) is 0 Å². The molecular weight excluding hydrogens is 105 g/mol. The Morgan fingerprint density at radius 1 is 2.00 bits per heavy atom. The summed E-state index contributed by atoms with van der Waals surface area (Å²) in [6.07, 6.45) is 0. The molecule has 0 bridgehead atoms. The average Bonchev–Trinajstić information content (AvgIpc) is 1.68. The van der Waals surface area contributed by atoms with E-state index in [-0.39, 0.29) is 0 Å². The first-order chi connectivity index (χ1) is 3.31. The Bertz CT molecular complexity index is 145. The van der Waals surface area contributed by atoms with Gasteiger partial charge in [0.05, 0.1) is 0 Å². The van der Waals surface area contributed by atoms with Crippen LogP contribution >= 0.6 is 9.84 Å². The van der Waals surface area contributed by atoms with Crippen LogP contribution in [-0.4, -0.2) is 26.9 Å². The molecule has 0 amide bonds. The van der Waals surface area contributed by atoms with E-state index in [9.17, 15) is 0 Å². The zero-order chi connectivity index (χ0) is 5.70. The van der Waals surface area contributed by atoms with Crippen molar-refractivity contribution in [1.29, 1.82) is 0 Å². The maximum absolute atomic E-state index is 5.33. The molecule has 36 valence electrons. The molecule has 0 aromatic carbocycles. The molecule has 0 unspecified atom stereocenters. The Morgan fingerprint density at radius 3 is 2.71 bits per heavy atom. The number of rotatable bonds is 1. The fraction of sp³-hybridized carbons (Fsp3) is 1.00. The van der Waals surface area contributed by atoms with E-state index in [1.807, 2.05) is 20.7 Å². The minimum atomic E-state index is -0.402. The molecular formula is C2H7B3OS. The van der Waals surface area contributed by atoms with Gasteiger partial charge in [0, 0.05) is 0 Å². The molecule has 0 fully saturated rings. The summed E-state index contributed by atoms with van der Waals surface area (Å²) < 4.78 is 4.94. The normalized spacial score (nSPS) is 11.0. The summed E-state index contributed by atoms with van der Waals surface area (Å²) >= 11 is 0. The van der Waals surface area contributed by atoms with Crippen LogP contribution in [0.2, 0.25) is 0 Å². The number of hydrogen-bond donors (Lipinski definition) is 0. The van der Waals surface area contributed by atoms with Gasteiger partial charge in [-0.25, -0.2) is 0 Å². The summed E-state index contributed by atoms with van der Waals surface area (Å²) in [6, 6.07) is 1.84. The van der Waals surface area contributed by atoms with Crippen molar-refractivity contribution in [2.75, 3.05) is 6.61 Å². The molecule has 5 heteroatoms. The Hall–Kier alpha value is 0.375. The van der Waals surface area contributed by atoms with Crippen LogP contribution in [0, 0.1) is 0 Å². The topological polar surface area (TPSA) is 9.23 Å². The van der Waals surface area contributed by atoms with E-state index in [0.717, 1.165) is 0 Å². The molecule has 0 aliphatic rings. The molecule has 0 aliphatic carbocycles. The van der Waals surface area contributed by atoms with Gasteiger partial charge in [0.1, 0.15) is 0 Å². The molecule has 0 radical (unpaired) electrons. The van der Waals surface area contributed by atoms with E-state index in [2.05, 4.69) is 0 Å². The fourth-order valence-electron chi connectivity index (χ4n) is 0.204. The van der Waals surface area contributed by atoms with Crippen molar-refractivity contribution in [3.63, 3.8) is 0 Å². The van der Waals surface area contributed by atoms with Gasteiger partial charge in [0.2, 0.25) is 0 Å². The molecule has 7 heavy (non-hydrogen) atoms. The van der Waals surface area contributed by atoms with E-state index in [1.54, 1.807) is 0 Å². The molecule has 0 N–H and O–H groups in total. The second-order valence-corrected chi connectivity index (χ2v) is 2.33. The second kappa shape index (κ2) is 4.53. The van der Waals surface area contributed by atoms with Crippen LogP contribution in [0.4, 0.5) is 0 Å². The van der Waals surface area contributed by atoms with Crippen molar-refractivity contribution in [2.24, 2.45) is 0 Å². The van der Waals surface area contributed by atoms with Crippen LogP contribution in [-0.2, 0) is 4.18 Å². The first-order valence-corrected chi connectivity index (χ1v) is 3.49. The van der Waals surface area contributed by atoms with Crippen LogP contribution in [0.25, 0.3) is 0 Å². The predicted molar refractivity (Wildman–Crippen MR) is 39.3 cm³/mol. The summed E-state index contributed by atoms with van der Waals surface area (Å²) in [5, 5.41) is 0. The maximum atomic E-state index is 5.33. The van der Waals surface area contributed by atoms with E-state index in [1.165, 1.54) is 0 Å². The first kappa shape index (κ1) is 7.37. The van der Waals surface area contributed by atoms with Crippen molar-refractivity contribution in [3.05, 3.63) is 0 Å². The third-order valence-electron chi connectivity index (χ3n) is 0.486. The van der Waals surface area contributed by atoms with Gasteiger partial charge in [0.15, 0.2) is 0 Å². The van der Waals surface area contributed by atoms with Gasteiger partial charge in [-0.2, -0.15) is 0 Å². The van der Waals surface area contributed by atoms with Crippen LogP contribution in [0.1, 0.15) is 6.92 Å². The van der Waals surface area contributed by atoms with Crippen LogP contribution in [0.5, 0.6) is 0 Å². The molecule has 0 heterocycles. The van der Waals surface area contributed by atoms with Crippen molar-refractivity contribution < 1.29 is 4.18 Å². The van der Waals surface area contributed by atoms with Crippen molar-refractivity contribution in [2.45, 2.75) is 6.92 Å². The summed E-state index contributed by atoms with van der Waals surface area (Å²) in [5.74, 6) is 0. The van der Waals surface area contributed by atoms with E-state index >= 15 is 0 Å². The molecule has 0 aromatic rings. The zero-order valence-corrected chi connectivity index (χ0v) is 5.49. The monoisotopic (exact) mass is 112 g/mol. The van der Waals surface area contributed by atoms with E-state index < -0.39 is 9.84 Å². The van der Waals surface area contributed by atoms with E-state index in [0.29, 0.717) is 6.61 Å². The Labute approximate surface area is 48.6 Å². The molecule has 1 nitrogen and oxygen atoms in total. The molecule has 0 aromatic heterocycles. The van der Waals surface area contributed by atoms with E-state index in [4.69, 9.17) is 10.7 Å². The van der Waals surface area contributed by atoms with Gasteiger partial charge < -0.3 is 0 Å². The molecule has 0 atom stereocenters. The molecule has 0 saturated carbocycles. The van der Waals surface area contributed by atoms with Crippen molar-refractivity contribution >= 4 is 30.2 Å². The van der Waals surface area contributed by atoms with Gasteiger partial charge in [-0.05, 0) is 0 Å². The summed E-state index contributed by atoms with van der Waals surface area (Å²) in [4.78, 5) is 0. The SMILES string of the molecule is B#S(=BB)OCC. The minimum absolute atomic E-state index is 0.402. The molecule has 0 aliphatic heterocycles. The standard InChI is InChI=1S/C2H7B3OS/c1-2-6-7(4)5-3/h2-3H2,1H3. The van der Waals surface area contributed by atoms with Crippen LogP contribution in [0.3, 0.4) is 0 Å². The first-order valence-electron chi connectivity index (χ1n) is 2.21. The van der Waals surface area contributed by atoms with Gasteiger partial charge in [-0.3, -0.25) is 0 Å².